The van der Waals surface area contributed by atoms with Gasteiger partial charge in [0.25, 0.3) is 0 Å². The number of nitrogens with two attached hydrogens (primary N) is 1. The van der Waals surface area contributed by atoms with Gasteiger partial charge < -0.3 is 10.6 Å². The number of nitrogens with zero attached hydrogens (tertiary/aromatic N) is 1. The van der Waals surface area contributed by atoms with E-state index in [2.05, 4.69) is 0 Å². The molecule has 0 amide bonds. The van der Waals surface area contributed by atoms with E-state index in [4.69, 9.17) is 5.73 Å². The zero-order valence-corrected chi connectivity index (χ0v) is 11.9. The van der Waals surface area contributed by atoms with Gasteiger partial charge in [0.2, 0.25) is 0 Å². The van der Waals surface area contributed by atoms with E-state index in [9.17, 15) is 13.2 Å². The fourth-order valence-electron chi connectivity index (χ4n) is 2.73. The molecule has 2 N–H and O–H groups in total. The fraction of sp³-hybridized carbons (Fsp3) is 0.600. The Morgan fingerprint density at radius 3 is 2.55 bits per heavy atom. The van der Waals surface area contributed by atoms with Crippen LogP contribution in [0.2, 0.25) is 0 Å². The molecule has 2 nitrogen and oxygen atoms in total. The summed E-state index contributed by atoms with van der Waals surface area (Å²) in [5.41, 5.74) is 6.77. The first kappa shape index (κ1) is 15.2. The van der Waals surface area contributed by atoms with Crippen LogP contribution >= 0.6 is 0 Å². The van der Waals surface area contributed by atoms with E-state index >= 15 is 0 Å². The second-order valence-electron chi connectivity index (χ2n) is 5.76. The van der Waals surface area contributed by atoms with Crippen molar-refractivity contribution in [3.05, 3.63) is 29.3 Å². The summed E-state index contributed by atoms with van der Waals surface area (Å²) in [5.74, 6) is 0.578. The number of anilines is 1. The predicted molar refractivity (Wildman–Crippen MR) is 74.9 cm³/mol. The van der Waals surface area contributed by atoms with Gasteiger partial charge in [-0.3, -0.25) is 0 Å². The van der Waals surface area contributed by atoms with Crippen molar-refractivity contribution in [2.24, 2.45) is 11.7 Å². The van der Waals surface area contributed by atoms with Gasteiger partial charge in [-0.15, -0.1) is 0 Å². The van der Waals surface area contributed by atoms with Crippen LogP contribution < -0.4 is 10.6 Å². The van der Waals surface area contributed by atoms with Crippen molar-refractivity contribution in [1.29, 1.82) is 0 Å². The highest BCUT2D eigenvalue weighted by Gasteiger charge is 2.32. The third-order valence-electron chi connectivity index (χ3n) is 3.94. The van der Waals surface area contributed by atoms with Crippen LogP contribution in [0.5, 0.6) is 0 Å². The van der Waals surface area contributed by atoms with Crippen molar-refractivity contribution in [2.75, 3.05) is 24.5 Å². The number of hydrogen-bond donors (Lipinski definition) is 1. The summed E-state index contributed by atoms with van der Waals surface area (Å²) >= 11 is 0. The highest BCUT2D eigenvalue weighted by molar-refractivity contribution is 5.58. The Kier molecular flexibility index (Phi) is 4.28. The average molecular weight is 286 g/mol. The van der Waals surface area contributed by atoms with E-state index < -0.39 is 11.7 Å². The number of halogens is 3. The molecular weight excluding hydrogens is 265 g/mol. The van der Waals surface area contributed by atoms with Gasteiger partial charge in [0.1, 0.15) is 0 Å². The maximum Gasteiger partial charge on any atom is 0.416 e. The third-order valence-corrected chi connectivity index (χ3v) is 3.94. The molecule has 1 saturated heterocycles. The molecule has 1 heterocycles. The summed E-state index contributed by atoms with van der Waals surface area (Å²) in [6.07, 6.45) is -3.35. The molecule has 0 spiro atoms. The lowest BCUT2D eigenvalue weighted by atomic mass is 9.98. The maximum atomic E-state index is 12.9. The van der Waals surface area contributed by atoms with Crippen LogP contribution in [0.15, 0.2) is 18.2 Å². The quantitative estimate of drug-likeness (QED) is 0.919. The lowest BCUT2D eigenvalue weighted by Crippen LogP contribution is -2.24. The molecule has 0 bridgehead atoms. The van der Waals surface area contributed by atoms with Crippen LogP contribution in [0.25, 0.3) is 0 Å². The van der Waals surface area contributed by atoms with Gasteiger partial charge in [-0.2, -0.15) is 13.2 Å². The van der Waals surface area contributed by atoms with Crippen LogP contribution in [0.3, 0.4) is 0 Å². The normalized spacial score (nSPS) is 19.9. The van der Waals surface area contributed by atoms with Gasteiger partial charge in [-0.1, -0.05) is 19.9 Å². The minimum Gasteiger partial charge on any atom is -0.371 e. The van der Waals surface area contributed by atoms with Crippen LogP contribution in [0.1, 0.15) is 37.3 Å². The Morgan fingerprint density at radius 2 is 2.05 bits per heavy atom. The second kappa shape index (κ2) is 5.64. The molecule has 112 valence electrons. The highest BCUT2D eigenvalue weighted by atomic mass is 19.4. The standard InChI is InChI=1S/C15H21F3N2/c1-10(2)13-4-3-12(15(16,17)18)7-14(13)20-6-5-11(8-19)9-20/h3-4,7,10-11H,5-6,8-9,19H2,1-2H3. The zero-order chi connectivity index (χ0) is 14.9. The van der Waals surface area contributed by atoms with Crippen molar-refractivity contribution < 1.29 is 13.2 Å². The zero-order valence-electron chi connectivity index (χ0n) is 11.9. The molecule has 5 heteroatoms. The highest BCUT2D eigenvalue weighted by Crippen LogP contribution is 2.37. The van der Waals surface area contributed by atoms with Gasteiger partial charge in [-0.05, 0) is 42.5 Å². The van der Waals surface area contributed by atoms with E-state index in [0.29, 0.717) is 18.2 Å². The first-order valence-corrected chi connectivity index (χ1v) is 6.99. The average Bonchev–Trinajstić information content (AvgIpc) is 2.85. The van der Waals surface area contributed by atoms with Gasteiger partial charge in [0.15, 0.2) is 0 Å². The molecule has 1 atom stereocenters. The SMILES string of the molecule is CC(C)c1ccc(C(F)(F)F)cc1N1CCC(CN)C1. The van der Waals surface area contributed by atoms with E-state index in [1.165, 1.54) is 12.1 Å². The molecule has 2 rings (SSSR count). The lowest BCUT2D eigenvalue weighted by Gasteiger charge is -2.25. The predicted octanol–water partition coefficient (Wildman–Crippen LogP) is 3.61. The van der Waals surface area contributed by atoms with Crippen molar-refractivity contribution in [1.82, 2.24) is 0 Å². The minimum atomic E-state index is -4.29. The Balaban J connectivity index is 2.38. The first-order chi connectivity index (χ1) is 9.32. The number of benzene rings is 1. The molecule has 0 radical (unpaired) electrons. The monoisotopic (exact) mass is 286 g/mol. The second-order valence-corrected chi connectivity index (χ2v) is 5.76. The van der Waals surface area contributed by atoms with Gasteiger partial charge >= 0.3 is 6.18 Å². The number of rotatable bonds is 3. The topological polar surface area (TPSA) is 29.3 Å². The van der Waals surface area contributed by atoms with Crippen molar-refractivity contribution >= 4 is 5.69 Å². The molecule has 1 aromatic rings. The lowest BCUT2D eigenvalue weighted by molar-refractivity contribution is -0.137. The summed E-state index contributed by atoms with van der Waals surface area (Å²) in [5, 5.41) is 0. The fourth-order valence-corrected chi connectivity index (χ4v) is 2.73. The molecule has 1 aliphatic rings. The summed E-state index contributed by atoms with van der Waals surface area (Å²) in [6.45, 7) is 6.12. The van der Waals surface area contributed by atoms with Gasteiger partial charge in [0, 0.05) is 18.8 Å². The summed E-state index contributed by atoms with van der Waals surface area (Å²) in [7, 11) is 0. The molecule has 1 aliphatic heterocycles. The van der Waals surface area contributed by atoms with E-state index in [1.54, 1.807) is 6.07 Å². The maximum absolute atomic E-state index is 12.9. The van der Waals surface area contributed by atoms with E-state index in [0.717, 1.165) is 25.1 Å². The van der Waals surface area contributed by atoms with Gasteiger partial charge in [-0.25, -0.2) is 0 Å². The Bertz CT molecular complexity index is 469. The summed E-state index contributed by atoms with van der Waals surface area (Å²) < 4.78 is 38.7. The van der Waals surface area contributed by atoms with E-state index in [-0.39, 0.29) is 5.92 Å². The summed E-state index contributed by atoms with van der Waals surface area (Å²) in [4.78, 5) is 2.04. The number of alkyl halides is 3. The van der Waals surface area contributed by atoms with E-state index in [1.807, 2.05) is 18.7 Å². The largest absolute Gasteiger partial charge is 0.416 e. The van der Waals surface area contributed by atoms with Crippen LogP contribution in [-0.2, 0) is 6.18 Å². The van der Waals surface area contributed by atoms with Crippen molar-refractivity contribution in [2.45, 2.75) is 32.4 Å². The molecule has 20 heavy (non-hydrogen) atoms. The third kappa shape index (κ3) is 3.08. The molecular formula is C15H21F3N2. The Labute approximate surface area is 117 Å². The molecule has 1 unspecified atom stereocenters. The molecule has 1 fully saturated rings. The van der Waals surface area contributed by atoms with Crippen LogP contribution in [0.4, 0.5) is 18.9 Å². The Hall–Kier alpha value is -1.23. The van der Waals surface area contributed by atoms with Crippen molar-refractivity contribution in [3.63, 3.8) is 0 Å². The van der Waals surface area contributed by atoms with Gasteiger partial charge in [0.05, 0.1) is 5.56 Å². The molecule has 0 aliphatic carbocycles. The van der Waals surface area contributed by atoms with Crippen LogP contribution in [-0.4, -0.2) is 19.6 Å². The molecule has 0 aromatic heterocycles. The first-order valence-electron chi connectivity index (χ1n) is 6.99. The summed E-state index contributed by atoms with van der Waals surface area (Å²) in [6, 6.07) is 4.07. The molecule has 0 saturated carbocycles. The van der Waals surface area contributed by atoms with Crippen LogP contribution in [0, 0.1) is 5.92 Å². The molecule has 1 aromatic carbocycles. The van der Waals surface area contributed by atoms with Crippen molar-refractivity contribution in [3.8, 4) is 0 Å². The minimum absolute atomic E-state index is 0.198. The smallest absolute Gasteiger partial charge is 0.371 e. The Morgan fingerprint density at radius 1 is 1.35 bits per heavy atom. The number of hydrogen-bond acceptors (Lipinski definition) is 2.